The number of rotatable bonds is 3. The Morgan fingerprint density at radius 1 is 1.00 bits per heavy atom. The number of hydrogen-bond acceptors (Lipinski definition) is 3. The maximum absolute atomic E-state index is 6.19. The van der Waals surface area contributed by atoms with E-state index >= 15 is 0 Å². The number of nitrogens with zero attached hydrogens (tertiary/aromatic N) is 1. The van der Waals surface area contributed by atoms with E-state index in [1.54, 1.807) is 0 Å². The Kier molecular flexibility index (Phi) is 4.10. The van der Waals surface area contributed by atoms with Gasteiger partial charge in [-0.25, -0.2) is 0 Å². The molecule has 1 atom stereocenters. The fourth-order valence-corrected chi connectivity index (χ4v) is 3.23. The van der Waals surface area contributed by atoms with Crippen LogP contribution in [0.5, 0.6) is 0 Å². The predicted molar refractivity (Wildman–Crippen MR) is 96.9 cm³/mol. The standard InChI is InChI=1S/C19H28BNO2/c1-18(2)19(3,4)23-20(22-18)16-10-7-15(13-16)14-8-11-17(12-9-14)21(5)6/h8-12,15H,7,13H2,1-6H3. The van der Waals surface area contributed by atoms with Crippen LogP contribution in [0.4, 0.5) is 5.69 Å². The van der Waals surface area contributed by atoms with Crippen LogP contribution >= 0.6 is 0 Å². The summed E-state index contributed by atoms with van der Waals surface area (Å²) in [4.78, 5) is 2.13. The highest BCUT2D eigenvalue weighted by Crippen LogP contribution is 2.43. The maximum atomic E-state index is 6.19. The quantitative estimate of drug-likeness (QED) is 0.781. The predicted octanol–water partition coefficient (Wildman–Crippen LogP) is 4.19. The number of allylic oxidation sites excluding steroid dienone is 2. The van der Waals surface area contributed by atoms with Gasteiger partial charge in [0.2, 0.25) is 0 Å². The van der Waals surface area contributed by atoms with Crippen molar-refractivity contribution in [3.05, 3.63) is 41.4 Å². The SMILES string of the molecule is CN(C)c1ccc(C2CC=C(B3OC(C)(C)C(C)(C)O3)C2)cc1. The zero-order valence-corrected chi connectivity index (χ0v) is 15.2. The first-order valence-electron chi connectivity index (χ1n) is 8.51. The molecule has 1 aromatic carbocycles. The Hall–Kier alpha value is -1.26. The molecule has 3 nitrogen and oxygen atoms in total. The molecule has 1 saturated heterocycles. The first-order chi connectivity index (χ1) is 10.7. The van der Waals surface area contributed by atoms with Crippen molar-refractivity contribution in [1.29, 1.82) is 0 Å². The average Bonchev–Trinajstić information content (AvgIpc) is 3.02. The van der Waals surface area contributed by atoms with E-state index in [4.69, 9.17) is 9.31 Å². The molecule has 1 aromatic rings. The van der Waals surface area contributed by atoms with Crippen LogP contribution in [0.2, 0.25) is 0 Å². The van der Waals surface area contributed by atoms with Crippen molar-refractivity contribution in [1.82, 2.24) is 0 Å². The highest BCUT2D eigenvalue weighted by Gasteiger charge is 2.52. The summed E-state index contributed by atoms with van der Waals surface area (Å²) in [6.07, 6.45) is 4.41. The fourth-order valence-electron chi connectivity index (χ4n) is 3.23. The van der Waals surface area contributed by atoms with Crippen molar-refractivity contribution >= 4 is 12.8 Å². The maximum Gasteiger partial charge on any atom is 0.490 e. The van der Waals surface area contributed by atoms with Crippen molar-refractivity contribution < 1.29 is 9.31 Å². The molecule has 1 aliphatic heterocycles. The lowest BCUT2D eigenvalue weighted by Crippen LogP contribution is -2.41. The van der Waals surface area contributed by atoms with E-state index in [1.807, 2.05) is 0 Å². The molecule has 2 aliphatic rings. The average molecular weight is 313 g/mol. The minimum Gasteiger partial charge on any atom is -0.400 e. The van der Waals surface area contributed by atoms with Crippen molar-refractivity contribution in [3.63, 3.8) is 0 Å². The van der Waals surface area contributed by atoms with E-state index < -0.39 is 0 Å². The number of benzene rings is 1. The Balaban J connectivity index is 1.67. The van der Waals surface area contributed by atoms with Gasteiger partial charge in [0.25, 0.3) is 0 Å². The van der Waals surface area contributed by atoms with Gasteiger partial charge in [0.1, 0.15) is 0 Å². The molecule has 1 fully saturated rings. The summed E-state index contributed by atoms with van der Waals surface area (Å²) in [7, 11) is 3.96. The summed E-state index contributed by atoms with van der Waals surface area (Å²) in [5, 5.41) is 0. The molecule has 3 rings (SSSR count). The van der Waals surface area contributed by atoms with Gasteiger partial charge in [0.05, 0.1) is 11.2 Å². The van der Waals surface area contributed by atoms with Crippen LogP contribution in [0.3, 0.4) is 0 Å². The minimum absolute atomic E-state index is 0.189. The fraction of sp³-hybridized carbons (Fsp3) is 0.579. The lowest BCUT2D eigenvalue weighted by molar-refractivity contribution is 0.00578. The van der Waals surface area contributed by atoms with E-state index in [0.29, 0.717) is 5.92 Å². The molecule has 4 heteroatoms. The molecule has 0 bridgehead atoms. The van der Waals surface area contributed by atoms with Crippen molar-refractivity contribution in [2.45, 2.75) is 57.7 Å². The van der Waals surface area contributed by atoms with Gasteiger partial charge >= 0.3 is 7.12 Å². The third kappa shape index (κ3) is 3.07. The first-order valence-corrected chi connectivity index (χ1v) is 8.51. The molecule has 0 radical (unpaired) electrons. The zero-order valence-electron chi connectivity index (χ0n) is 15.2. The van der Waals surface area contributed by atoms with Gasteiger partial charge in [-0.3, -0.25) is 0 Å². The Morgan fingerprint density at radius 3 is 2.09 bits per heavy atom. The monoisotopic (exact) mass is 313 g/mol. The summed E-state index contributed by atoms with van der Waals surface area (Å²) in [5.41, 5.74) is 3.42. The first kappa shape index (κ1) is 16.6. The Bertz CT molecular complexity index is 588. The summed E-state index contributed by atoms with van der Waals surface area (Å²) in [6, 6.07) is 8.90. The zero-order chi connectivity index (χ0) is 16.8. The van der Waals surface area contributed by atoms with Crippen LogP contribution in [0, 0.1) is 0 Å². The van der Waals surface area contributed by atoms with Crippen molar-refractivity contribution in [2.24, 2.45) is 0 Å². The molecule has 23 heavy (non-hydrogen) atoms. The molecular formula is C19H28BNO2. The van der Waals surface area contributed by atoms with Crippen LogP contribution in [0.25, 0.3) is 0 Å². The summed E-state index contributed by atoms with van der Waals surface area (Å²) >= 11 is 0. The molecule has 0 amide bonds. The Labute approximate surface area is 140 Å². The molecule has 0 spiro atoms. The molecule has 1 heterocycles. The van der Waals surface area contributed by atoms with Gasteiger partial charge in [-0.15, -0.1) is 0 Å². The second-order valence-electron chi connectivity index (χ2n) is 7.99. The topological polar surface area (TPSA) is 21.7 Å². The second kappa shape index (κ2) is 5.68. The molecule has 1 aliphatic carbocycles. The minimum atomic E-state index is -0.260. The van der Waals surface area contributed by atoms with E-state index in [9.17, 15) is 0 Å². The lowest BCUT2D eigenvalue weighted by atomic mass is 9.76. The third-order valence-corrected chi connectivity index (χ3v) is 5.58. The van der Waals surface area contributed by atoms with Gasteiger partial charge in [-0.05, 0) is 69.6 Å². The van der Waals surface area contributed by atoms with E-state index in [0.717, 1.165) is 12.8 Å². The smallest absolute Gasteiger partial charge is 0.400 e. The number of anilines is 1. The molecule has 124 valence electrons. The van der Waals surface area contributed by atoms with Gasteiger partial charge < -0.3 is 14.2 Å². The molecule has 0 N–H and O–H groups in total. The van der Waals surface area contributed by atoms with E-state index in [1.165, 1.54) is 16.7 Å². The number of hydrogen-bond donors (Lipinski definition) is 0. The highest BCUT2D eigenvalue weighted by molar-refractivity contribution is 6.54. The Morgan fingerprint density at radius 2 is 1.57 bits per heavy atom. The van der Waals surface area contributed by atoms with Crippen LogP contribution in [0.1, 0.15) is 52.0 Å². The van der Waals surface area contributed by atoms with Gasteiger partial charge in [0, 0.05) is 19.8 Å². The molecule has 0 saturated carbocycles. The molecule has 1 unspecified atom stereocenters. The largest absolute Gasteiger partial charge is 0.490 e. The van der Waals surface area contributed by atoms with Crippen molar-refractivity contribution in [2.75, 3.05) is 19.0 Å². The van der Waals surface area contributed by atoms with Crippen molar-refractivity contribution in [3.8, 4) is 0 Å². The van der Waals surface area contributed by atoms with Crippen LogP contribution in [-0.4, -0.2) is 32.4 Å². The summed E-state index contributed by atoms with van der Waals surface area (Å²) in [6.45, 7) is 8.44. The third-order valence-electron chi connectivity index (χ3n) is 5.58. The summed E-state index contributed by atoms with van der Waals surface area (Å²) < 4.78 is 12.4. The van der Waals surface area contributed by atoms with Crippen LogP contribution < -0.4 is 4.90 Å². The van der Waals surface area contributed by atoms with Crippen LogP contribution in [0.15, 0.2) is 35.8 Å². The second-order valence-corrected chi connectivity index (χ2v) is 7.99. The van der Waals surface area contributed by atoms with Crippen LogP contribution in [-0.2, 0) is 9.31 Å². The van der Waals surface area contributed by atoms with Gasteiger partial charge in [0.15, 0.2) is 0 Å². The summed E-state index contributed by atoms with van der Waals surface area (Å²) in [5.74, 6) is 0.542. The molecule has 0 aromatic heterocycles. The highest BCUT2D eigenvalue weighted by atomic mass is 16.7. The van der Waals surface area contributed by atoms with E-state index in [-0.39, 0.29) is 18.3 Å². The lowest BCUT2D eigenvalue weighted by Gasteiger charge is -2.32. The van der Waals surface area contributed by atoms with Gasteiger partial charge in [-0.2, -0.15) is 0 Å². The van der Waals surface area contributed by atoms with E-state index in [2.05, 4.69) is 77.0 Å². The van der Waals surface area contributed by atoms with Gasteiger partial charge in [-0.1, -0.05) is 18.2 Å². The normalized spacial score (nSPS) is 25.6. The molecular weight excluding hydrogens is 285 g/mol.